The molecule has 30 heavy (non-hydrogen) atoms. The molecule has 1 amide bonds. The number of benzene rings is 2. The van der Waals surface area contributed by atoms with Crippen LogP contribution in [0.2, 0.25) is 0 Å². The van der Waals surface area contributed by atoms with Crippen LogP contribution in [0.15, 0.2) is 53.9 Å². The van der Waals surface area contributed by atoms with Crippen molar-refractivity contribution in [3.05, 3.63) is 70.7 Å². The van der Waals surface area contributed by atoms with Gasteiger partial charge in [0.05, 0.1) is 24.4 Å². The Balaban J connectivity index is 1.56. The summed E-state index contributed by atoms with van der Waals surface area (Å²) in [5.41, 5.74) is 3.52. The Labute approximate surface area is 180 Å². The molecule has 1 heterocycles. The van der Waals surface area contributed by atoms with Gasteiger partial charge in [-0.3, -0.25) is 14.5 Å². The van der Waals surface area contributed by atoms with Gasteiger partial charge < -0.3 is 9.47 Å². The fourth-order valence-electron chi connectivity index (χ4n) is 2.92. The summed E-state index contributed by atoms with van der Waals surface area (Å²) in [6, 6.07) is 15.2. The van der Waals surface area contributed by atoms with Gasteiger partial charge in [-0.1, -0.05) is 35.9 Å². The first-order valence-electron chi connectivity index (χ1n) is 9.60. The fraction of sp³-hybridized carbons (Fsp3) is 0.261. The summed E-state index contributed by atoms with van der Waals surface area (Å²) in [5, 5.41) is 2.34. The second-order valence-electron chi connectivity index (χ2n) is 6.84. The van der Waals surface area contributed by atoms with E-state index in [0.29, 0.717) is 16.6 Å². The van der Waals surface area contributed by atoms with Gasteiger partial charge in [-0.15, -0.1) is 11.3 Å². The Morgan fingerprint density at radius 2 is 1.87 bits per heavy atom. The molecule has 3 aromatic rings. The zero-order chi connectivity index (χ0) is 21.5. The van der Waals surface area contributed by atoms with Gasteiger partial charge in [0.15, 0.2) is 5.13 Å². The average molecular weight is 425 g/mol. The number of nitrogens with zero attached hydrogens (tertiary/aromatic N) is 2. The van der Waals surface area contributed by atoms with Gasteiger partial charge in [0, 0.05) is 12.3 Å². The van der Waals surface area contributed by atoms with Gasteiger partial charge in [0.25, 0.3) is 0 Å². The maximum Gasteiger partial charge on any atom is 0.309 e. The maximum absolute atomic E-state index is 12.3. The Hall–Kier alpha value is -3.19. The van der Waals surface area contributed by atoms with Crippen molar-refractivity contribution in [3.63, 3.8) is 0 Å². The average Bonchev–Trinajstić information content (AvgIpc) is 3.17. The number of anilines is 2. The zero-order valence-corrected chi connectivity index (χ0v) is 18.1. The first-order chi connectivity index (χ1) is 14.4. The van der Waals surface area contributed by atoms with E-state index in [1.165, 1.54) is 18.3 Å². The minimum Gasteiger partial charge on any atom is -0.493 e. The predicted octanol–water partition coefficient (Wildman–Crippen LogP) is 4.96. The molecule has 0 saturated heterocycles. The van der Waals surface area contributed by atoms with E-state index in [4.69, 9.17) is 9.47 Å². The van der Waals surface area contributed by atoms with Gasteiger partial charge in [-0.05, 0) is 37.6 Å². The molecule has 0 aliphatic heterocycles. The minimum atomic E-state index is -0.363. The Morgan fingerprint density at radius 1 is 1.10 bits per heavy atom. The van der Waals surface area contributed by atoms with Gasteiger partial charge in [-0.25, -0.2) is 4.98 Å². The lowest BCUT2D eigenvalue weighted by Gasteiger charge is -2.20. The lowest BCUT2D eigenvalue weighted by molar-refractivity contribution is -0.145. The second-order valence-corrected chi connectivity index (χ2v) is 7.67. The van der Waals surface area contributed by atoms with Crippen molar-refractivity contribution in [3.8, 4) is 5.75 Å². The van der Waals surface area contributed by atoms with Crippen molar-refractivity contribution >= 4 is 34.0 Å². The zero-order valence-electron chi connectivity index (χ0n) is 17.3. The number of rotatable bonds is 8. The molecule has 6 nitrogen and oxygen atoms in total. The highest BCUT2D eigenvalue weighted by Gasteiger charge is 2.20. The van der Waals surface area contributed by atoms with Crippen LogP contribution in [0.1, 0.15) is 30.2 Å². The molecule has 2 aromatic carbocycles. The van der Waals surface area contributed by atoms with Crippen LogP contribution in [0.4, 0.5) is 10.8 Å². The largest absolute Gasteiger partial charge is 0.493 e. The molecule has 0 atom stereocenters. The van der Waals surface area contributed by atoms with Crippen molar-refractivity contribution in [1.82, 2.24) is 4.98 Å². The van der Waals surface area contributed by atoms with E-state index >= 15 is 0 Å². The third kappa shape index (κ3) is 5.67. The first kappa shape index (κ1) is 21.5. The summed E-state index contributed by atoms with van der Waals surface area (Å²) in [4.78, 5) is 30.3. The molecule has 0 fully saturated rings. The summed E-state index contributed by atoms with van der Waals surface area (Å²) in [6.45, 7) is 5.78. The number of carbonyl (C=O) groups excluding carboxylic acids is 2. The lowest BCUT2D eigenvalue weighted by atomic mass is 10.1. The number of ether oxygens (including phenoxy) is 2. The van der Waals surface area contributed by atoms with Gasteiger partial charge in [0.1, 0.15) is 12.4 Å². The predicted molar refractivity (Wildman–Crippen MR) is 117 cm³/mol. The summed E-state index contributed by atoms with van der Waals surface area (Å²) < 4.78 is 10.8. The quantitative estimate of drug-likeness (QED) is 0.478. The highest BCUT2D eigenvalue weighted by atomic mass is 32.1. The molecule has 156 valence electrons. The molecule has 7 heteroatoms. The molecule has 0 radical (unpaired) electrons. The smallest absolute Gasteiger partial charge is 0.309 e. The van der Waals surface area contributed by atoms with Crippen molar-refractivity contribution in [2.75, 3.05) is 11.5 Å². The van der Waals surface area contributed by atoms with Gasteiger partial charge >= 0.3 is 5.97 Å². The van der Waals surface area contributed by atoms with E-state index in [9.17, 15) is 9.59 Å². The number of aromatic nitrogens is 1. The highest BCUT2D eigenvalue weighted by molar-refractivity contribution is 7.14. The number of thiazole rings is 1. The first-order valence-corrected chi connectivity index (χ1v) is 10.5. The summed E-state index contributed by atoms with van der Waals surface area (Å²) in [6.07, 6.45) is 0.147. The number of hydrogen-bond acceptors (Lipinski definition) is 6. The third-order valence-electron chi connectivity index (χ3n) is 4.34. The second kappa shape index (κ2) is 10.0. The minimum absolute atomic E-state index is 0.0549. The van der Waals surface area contributed by atoms with Crippen molar-refractivity contribution in [1.29, 1.82) is 0 Å². The molecule has 3 rings (SSSR count). The molecule has 0 N–H and O–H groups in total. The number of para-hydroxylation sites is 1. The van der Waals surface area contributed by atoms with Crippen molar-refractivity contribution in [2.45, 2.75) is 33.8 Å². The van der Waals surface area contributed by atoms with Crippen LogP contribution < -0.4 is 9.64 Å². The monoisotopic (exact) mass is 424 g/mol. The Bertz CT molecular complexity index is 1020. The van der Waals surface area contributed by atoms with E-state index in [-0.39, 0.29) is 31.5 Å². The maximum atomic E-state index is 12.3. The molecule has 0 unspecified atom stereocenters. The Kier molecular flexibility index (Phi) is 7.19. The molecular formula is C23H24N2O4S. The summed E-state index contributed by atoms with van der Waals surface area (Å²) in [7, 11) is 0. The number of esters is 1. The Morgan fingerprint density at radius 3 is 2.57 bits per heavy atom. The van der Waals surface area contributed by atoms with E-state index in [0.717, 1.165) is 16.8 Å². The van der Waals surface area contributed by atoms with E-state index in [1.807, 2.05) is 62.4 Å². The number of aryl methyl sites for hydroxylation is 2. The number of amides is 1. The van der Waals surface area contributed by atoms with Crippen molar-refractivity contribution in [2.24, 2.45) is 0 Å². The topological polar surface area (TPSA) is 68.7 Å². The van der Waals surface area contributed by atoms with Crippen molar-refractivity contribution < 1.29 is 19.1 Å². The molecule has 0 spiro atoms. The van der Waals surface area contributed by atoms with Crippen LogP contribution in [0.25, 0.3) is 0 Å². The molecule has 0 bridgehead atoms. The van der Waals surface area contributed by atoms with Crippen LogP contribution in [-0.2, 0) is 20.9 Å². The lowest BCUT2D eigenvalue weighted by Crippen LogP contribution is -2.23. The molecule has 0 saturated carbocycles. The van der Waals surface area contributed by atoms with E-state index < -0.39 is 0 Å². The SMILES string of the molecule is CC(=O)N(c1nc(COC(=O)CCOc2ccccc2)cs1)c1ccc(C)cc1C. The highest BCUT2D eigenvalue weighted by Crippen LogP contribution is 2.31. The van der Waals surface area contributed by atoms with E-state index in [1.54, 1.807) is 10.3 Å². The molecule has 0 aliphatic carbocycles. The van der Waals surface area contributed by atoms with E-state index in [2.05, 4.69) is 4.98 Å². The van der Waals surface area contributed by atoms with Crippen LogP contribution >= 0.6 is 11.3 Å². The number of hydrogen-bond donors (Lipinski definition) is 0. The third-order valence-corrected chi connectivity index (χ3v) is 5.21. The molecular weight excluding hydrogens is 400 g/mol. The van der Waals surface area contributed by atoms with Gasteiger partial charge in [-0.2, -0.15) is 0 Å². The standard InChI is InChI=1S/C23H24N2O4S/c1-16-9-10-21(17(2)13-16)25(18(3)26)23-24-19(15-30-23)14-29-22(27)11-12-28-20-7-5-4-6-8-20/h4-10,13,15H,11-12,14H2,1-3H3. The molecule has 0 aliphatic rings. The normalized spacial score (nSPS) is 10.5. The van der Waals surface area contributed by atoms with Crippen LogP contribution in [0.5, 0.6) is 5.75 Å². The molecule has 1 aromatic heterocycles. The van der Waals surface area contributed by atoms with Crippen LogP contribution in [0, 0.1) is 13.8 Å². The summed E-state index contributed by atoms with van der Waals surface area (Å²) >= 11 is 1.34. The van der Waals surface area contributed by atoms with Crippen LogP contribution in [0.3, 0.4) is 0 Å². The fourth-order valence-corrected chi connectivity index (χ4v) is 3.79. The summed E-state index contributed by atoms with van der Waals surface area (Å²) in [5.74, 6) is 0.223. The van der Waals surface area contributed by atoms with Gasteiger partial charge in [0.2, 0.25) is 5.91 Å². The number of carbonyl (C=O) groups is 2. The van der Waals surface area contributed by atoms with Crippen LogP contribution in [-0.4, -0.2) is 23.5 Å².